The van der Waals surface area contributed by atoms with Gasteiger partial charge in [-0.05, 0) is 24.6 Å². The molecule has 88 valence electrons. The smallest absolute Gasteiger partial charge is 0.180 e. The zero-order valence-electron chi connectivity index (χ0n) is 9.88. The summed E-state index contributed by atoms with van der Waals surface area (Å²) in [6, 6.07) is 10.6. The summed E-state index contributed by atoms with van der Waals surface area (Å²) in [6.45, 7) is 1.92. The topological polar surface area (TPSA) is 47.0 Å². The molecule has 3 nitrogen and oxygen atoms in total. The van der Waals surface area contributed by atoms with Crippen LogP contribution in [-0.2, 0) is 0 Å². The van der Waals surface area contributed by atoms with E-state index in [1.54, 1.807) is 36.5 Å². The standard InChI is InChI=1S/C15H11NO2/c1-9-6-7-16-12(8-9)13-14(17)10-4-2-3-5-11(10)15(13)18/h2-8,13H,1H3. The van der Waals surface area contributed by atoms with Crippen LogP contribution in [0.15, 0.2) is 42.6 Å². The summed E-state index contributed by atoms with van der Waals surface area (Å²) in [5, 5.41) is 0. The molecule has 0 aliphatic heterocycles. The fourth-order valence-corrected chi connectivity index (χ4v) is 2.33. The Kier molecular flexibility index (Phi) is 2.33. The maximum Gasteiger partial charge on any atom is 0.180 e. The van der Waals surface area contributed by atoms with Crippen LogP contribution < -0.4 is 0 Å². The predicted molar refractivity (Wildman–Crippen MR) is 66.8 cm³/mol. The zero-order valence-corrected chi connectivity index (χ0v) is 9.88. The molecular formula is C15H11NO2. The zero-order chi connectivity index (χ0) is 12.7. The minimum absolute atomic E-state index is 0.145. The Labute approximate surface area is 104 Å². The molecule has 3 rings (SSSR count). The van der Waals surface area contributed by atoms with E-state index in [1.807, 2.05) is 13.0 Å². The van der Waals surface area contributed by atoms with Crippen molar-refractivity contribution >= 4 is 11.6 Å². The molecular weight excluding hydrogens is 226 g/mol. The van der Waals surface area contributed by atoms with Crippen LogP contribution in [0.1, 0.15) is 37.9 Å². The average molecular weight is 237 g/mol. The van der Waals surface area contributed by atoms with E-state index in [-0.39, 0.29) is 11.6 Å². The van der Waals surface area contributed by atoms with Crippen molar-refractivity contribution < 1.29 is 9.59 Å². The Bertz CT molecular complexity index is 626. The summed E-state index contributed by atoms with van der Waals surface area (Å²) in [5.41, 5.74) is 2.56. The van der Waals surface area contributed by atoms with Crippen molar-refractivity contribution in [2.75, 3.05) is 0 Å². The van der Waals surface area contributed by atoms with Gasteiger partial charge in [0.2, 0.25) is 0 Å². The highest BCUT2D eigenvalue weighted by Crippen LogP contribution is 2.32. The second kappa shape index (κ2) is 3.88. The van der Waals surface area contributed by atoms with Crippen molar-refractivity contribution in [1.82, 2.24) is 4.98 Å². The van der Waals surface area contributed by atoms with Crippen molar-refractivity contribution in [2.45, 2.75) is 12.8 Å². The molecule has 1 aromatic heterocycles. The molecule has 3 heteroatoms. The molecule has 0 spiro atoms. The van der Waals surface area contributed by atoms with Gasteiger partial charge in [-0.25, -0.2) is 0 Å². The number of benzene rings is 1. The number of carbonyl (C=O) groups excluding carboxylic acids is 2. The first-order chi connectivity index (χ1) is 8.68. The Hall–Kier alpha value is -2.29. The normalized spacial score (nSPS) is 14.9. The van der Waals surface area contributed by atoms with Gasteiger partial charge in [0.05, 0.1) is 5.69 Å². The van der Waals surface area contributed by atoms with E-state index in [4.69, 9.17) is 0 Å². The van der Waals surface area contributed by atoms with E-state index < -0.39 is 5.92 Å². The van der Waals surface area contributed by atoms with Gasteiger partial charge < -0.3 is 0 Å². The lowest BCUT2D eigenvalue weighted by molar-refractivity contribution is 0.0888. The minimum Gasteiger partial charge on any atom is -0.293 e. The highest BCUT2D eigenvalue weighted by atomic mass is 16.2. The van der Waals surface area contributed by atoms with Crippen molar-refractivity contribution in [1.29, 1.82) is 0 Å². The highest BCUT2D eigenvalue weighted by Gasteiger charge is 2.40. The molecule has 0 atom stereocenters. The molecule has 2 aromatic rings. The Morgan fingerprint density at radius 1 is 1.00 bits per heavy atom. The molecule has 0 fully saturated rings. The van der Waals surface area contributed by atoms with E-state index in [0.717, 1.165) is 5.56 Å². The molecule has 0 saturated carbocycles. The van der Waals surface area contributed by atoms with Crippen LogP contribution >= 0.6 is 0 Å². The van der Waals surface area contributed by atoms with Crippen molar-refractivity contribution in [2.24, 2.45) is 0 Å². The molecule has 1 aromatic carbocycles. The predicted octanol–water partition coefficient (Wildman–Crippen LogP) is 2.55. The van der Waals surface area contributed by atoms with Gasteiger partial charge in [0, 0.05) is 17.3 Å². The van der Waals surface area contributed by atoms with E-state index in [1.165, 1.54) is 0 Å². The van der Waals surface area contributed by atoms with E-state index in [0.29, 0.717) is 16.8 Å². The number of hydrogen-bond acceptors (Lipinski definition) is 3. The van der Waals surface area contributed by atoms with Crippen LogP contribution in [0.4, 0.5) is 0 Å². The van der Waals surface area contributed by atoms with Crippen LogP contribution in [-0.4, -0.2) is 16.6 Å². The van der Waals surface area contributed by atoms with E-state index in [2.05, 4.69) is 4.98 Å². The van der Waals surface area contributed by atoms with Crippen LogP contribution in [0.3, 0.4) is 0 Å². The molecule has 0 amide bonds. The number of ketones is 2. The number of hydrogen-bond donors (Lipinski definition) is 0. The molecule has 1 heterocycles. The lowest BCUT2D eigenvalue weighted by atomic mass is 9.98. The number of pyridine rings is 1. The molecule has 0 N–H and O–H groups in total. The largest absolute Gasteiger partial charge is 0.293 e. The SMILES string of the molecule is Cc1ccnc(C2C(=O)c3ccccc3C2=O)c1. The lowest BCUT2D eigenvalue weighted by Gasteiger charge is -2.06. The third-order valence-electron chi connectivity index (χ3n) is 3.21. The number of carbonyl (C=O) groups is 2. The Morgan fingerprint density at radius 3 is 2.17 bits per heavy atom. The number of nitrogens with zero attached hydrogens (tertiary/aromatic N) is 1. The van der Waals surface area contributed by atoms with Crippen LogP contribution in [0.5, 0.6) is 0 Å². The average Bonchev–Trinajstić information content (AvgIpc) is 2.63. The van der Waals surface area contributed by atoms with Gasteiger partial charge >= 0.3 is 0 Å². The lowest BCUT2D eigenvalue weighted by Crippen LogP contribution is -2.14. The number of rotatable bonds is 1. The van der Waals surface area contributed by atoms with Crippen LogP contribution in [0, 0.1) is 6.92 Å². The first kappa shape index (κ1) is 10.8. The summed E-state index contributed by atoms with van der Waals surface area (Å²) in [5.74, 6) is -1.05. The quantitative estimate of drug-likeness (QED) is 0.716. The number of Topliss-reactive ketones (excluding diaryl/α,β-unsaturated/α-hetero) is 2. The number of fused-ring (bicyclic) bond motifs is 1. The molecule has 0 unspecified atom stereocenters. The van der Waals surface area contributed by atoms with Crippen molar-refractivity contribution in [3.8, 4) is 0 Å². The third kappa shape index (κ3) is 1.48. The summed E-state index contributed by atoms with van der Waals surface area (Å²) in [4.78, 5) is 28.7. The summed E-state index contributed by atoms with van der Waals surface area (Å²) in [6.07, 6.45) is 1.63. The maximum atomic E-state index is 12.3. The number of aromatic nitrogens is 1. The van der Waals surface area contributed by atoms with Gasteiger partial charge in [0.15, 0.2) is 11.6 Å². The summed E-state index contributed by atoms with van der Waals surface area (Å²) < 4.78 is 0. The van der Waals surface area contributed by atoms with E-state index >= 15 is 0 Å². The Morgan fingerprint density at radius 2 is 1.61 bits per heavy atom. The fourth-order valence-electron chi connectivity index (χ4n) is 2.33. The van der Waals surface area contributed by atoms with Gasteiger partial charge in [-0.3, -0.25) is 14.6 Å². The second-order valence-electron chi connectivity index (χ2n) is 4.47. The first-order valence-corrected chi connectivity index (χ1v) is 5.78. The van der Waals surface area contributed by atoms with Gasteiger partial charge in [0.25, 0.3) is 0 Å². The van der Waals surface area contributed by atoms with Crippen LogP contribution in [0.25, 0.3) is 0 Å². The fraction of sp³-hybridized carbons (Fsp3) is 0.133. The van der Waals surface area contributed by atoms with Crippen LogP contribution in [0.2, 0.25) is 0 Å². The molecule has 0 bridgehead atoms. The summed E-state index contributed by atoms with van der Waals surface area (Å²) >= 11 is 0. The van der Waals surface area contributed by atoms with Gasteiger partial charge in [-0.2, -0.15) is 0 Å². The van der Waals surface area contributed by atoms with Gasteiger partial charge in [0.1, 0.15) is 5.92 Å². The van der Waals surface area contributed by atoms with Crippen molar-refractivity contribution in [3.05, 3.63) is 65.0 Å². The Balaban J connectivity index is 2.12. The molecule has 18 heavy (non-hydrogen) atoms. The third-order valence-corrected chi connectivity index (χ3v) is 3.21. The van der Waals surface area contributed by atoms with Gasteiger partial charge in [-0.1, -0.05) is 24.3 Å². The maximum absolute atomic E-state index is 12.3. The molecule has 0 radical (unpaired) electrons. The molecule has 1 aliphatic rings. The van der Waals surface area contributed by atoms with Gasteiger partial charge in [-0.15, -0.1) is 0 Å². The van der Waals surface area contributed by atoms with E-state index in [9.17, 15) is 9.59 Å². The minimum atomic E-state index is -0.762. The molecule has 1 aliphatic carbocycles. The first-order valence-electron chi connectivity index (χ1n) is 5.78. The monoisotopic (exact) mass is 237 g/mol. The summed E-state index contributed by atoms with van der Waals surface area (Å²) in [7, 11) is 0. The second-order valence-corrected chi connectivity index (χ2v) is 4.47. The number of aryl methyl sites for hydroxylation is 1. The molecule has 0 saturated heterocycles. The highest BCUT2D eigenvalue weighted by molar-refractivity contribution is 6.29. The van der Waals surface area contributed by atoms with Crippen molar-refractivity contribution in [3.63, 3.8) is 0 Å².